The number of benzene rings is 2. The van der Waals surface area contributed by atoms with Gasteiger partial charge >= 0.3 is 0 Å². The molecule has 0 atom stereocenters. The topological polar surface area (TPSA) is 61.7 Å². The fourth-order valence-corrected chi connectivity index (χ4v) is 2.05. The van der Waals surface area contributed by atoms with Gasteiger partial charge in [-0.3, -0.25) is 4.79 Å². The molecule has 0 aliphatic rings. The van der Waals surface area contributed by atoms with Gasteiger partial charge in [0.25, 0.3) is 0 Å². The molecule has 0 heterocycles. The second-order valence-electron chi connectivity index (χ2n) is 4.73. The van der Waals surface area contributed by atoms with E-state index in [2.05, 4.69) is 10.5 Å². The van der Waals surface area contributed by atoms with Crippen LogP contribution in [-0.2, 0) is 11.2 Å². The number of carbonyl (C=O) groups excluding carboxylic acids is 1. The van der Waals surface area contributed by atoms with Gasteiger partial charge in [0.1, 0.15) is 11.6 Å². The number of amides is 1. The quantitative estimate of drug-likeness (QED) is 0.671. The van der Waals surface area contributed by atoms with E-state index in [0.717, 1.165) is 0 Å². The maximum Gasteiger partial charge on any atom is 0.244 e. The zero-order valence-corrected chi connectivity index (χ0v) is 12.6. The van der Waals surface area contributed by atoms with Gasteiger partial charge in [-0.05, 0) is 36.2 Å². The van der Waals surface area contributed by atoms with Crippen molar-refractivity contribution >= 4 is 23.7 Å². The fraction of sp³-hybridized carbons (Fsp3) is 0.125. The van der Waals surface area contributed by atoms with E-state index >= 15 is 0 Å². The molecule has 2 aromatic carbocycles. The first-order valence-electron chi connectivity index (χ1n) is 6.52. The Labute approximate surface area is 132 Å². The van der Waals surface area contributed by atoms with Crippen LogP contribution in [-0.4, -0.2) is 17.2 Å². The lowest BCUT2D eigenvalue weighted by atomic mass is 10.1. The maximum atomic E-state index is 13.9. The van der Waals surface area contributed by atoms with Gasteiger partial charge in [0.2, 0.25) is 5.91 Å². The molecule has 0 saturated heterocycles. The van der Waals surface area contributed by atoms with Gasteiger partial charge in [-0.25, -0.2) is 9.82 Å². The molecule has 4 nitrogen and oxygen atoms in total. The summed E-state index contributed by atoms with van der Waals surface area (Å²) in [4.78, 5) is 11.7. The average Bonchev–Trinajstić information content (AvgIpc) is 2.47. The Balaban J connectivity index is 2.01. The van der Waals surface area contributed by atoms with Gasteiger partial charge in [-0.1, -0.05) is 29.8 Å². The third kappa shape index (κ3) is 4.05. The molecule has 6 heteroatoms. The monoisotopic (exact) mass is 320 g/mol. The number of phenols is 1. The number of rotatable bonds is 4. The second-order valence-corrected chi connectivity index (χ2v) is 5.14. The standard InChI is InChI=1S/C16H14ClFN2O2/c1-10-5-6-14(17)13(16(10)18)9-19-20-15(22)8-11-3-2-4-12(21)7-11/h2-7,9,21H,8H2,1H3,(H,20,22)/b19-9+. The Hall–Kier alpha value is -2.40. The molecule has 0 saturated carbocycles. The summed E-state index contributed by atoms with van der Waals surface area (Å²) in [6, 6.07) is 9.48. The van der Waals surface area contributed by atoms with Crippen molar-refractivity contribution in [2.24, 2.45) is 5.10 Å². The minimum Gasteiger partial charge on any atom is -0.508 e. The highest BCUT2D eigenvalue weighted by molar-refractivity contribution is 6.33. The highest BCUT2D eigenvalue weighted by atomic mass is 35.5. The smallest absolute Gasteiger partial charge is 0.244 e. The zero-order valence-electron chi connectivity index (χ0n) is 11.8. The predicted molar refractivity (Wildman–Crippen MR) is 83.7 cm³/mol. The molecule has 0 bridgehead atoms. The molecule has 114 valence electrons. The number of hydrogen-bond donors (Lipinski definition) is 2. The van der Waals surface area contributed by atoms with Crippen LogP contribution in [0.15, 0.2) is 41.5 Å². The lowest BCUT2D eigenvalue weighted by Gasteiger charge is -2.04. The Morgan fingerprint density at radius 2 is 2.18 bits per heavy atom. The highest BCUT2D eigenvalue weighted by Gasteiger charge is 2.08. The molecule has 2 rings (SSSR count). The molecule has 0 spiro atoms. The van der Waals surface area contributed by atoms with E-state index in [1.165, 1.54) is 18.3 Å². The maximum absolute atomic E-state index is 13.9. The number of nitrogens with one attached hydrogen (secondary N) is 1. The van der Waals surface area contributed by atoms with E-state index in [1.54, 1.807) is 31.2 Å². The van der Waals surface area contributed by atoms with Crippen LogP contribution in [0.1, 0.15) is 16.7 Å². The first-order valence-corrected chi connectivity index (χ1v) is 6.89. The van der Waals surface area contributed by atoms with Gasteiger partial charge in [0, 0.05) is 5.56 Å². The number of hydrazone groups is 1. The number of aromatic hydroxyl groups is 1. The fourth-order valence-electron chi connectivity index (χ4n) is 1.86. The largest absolute Gasteiger partial charge is 0.508 e. The minimum atomic E-state index is -0.474. The van der Waals surface area contributed by atoms with Crippen molar-refractivity contribution in [3.8, 4) is 5.75 Å². The Bertz CT molecular complexity index is 732. The minimum absolute atomic E-state index is 0.0514. The van der Waals surface area contributed by atoms with Crippen molar-refractivity contribution in [2.75, 3.05) is 0 Å². The number of halogens is 2. The molecule has 0 radical (unpaired) electrons. The summed E-state index contributed by atoms with van der Waals surface area (Å²) in [6.45, 7) is 1.61. The Morgan fingerprint density at radius 1 is 1.41 bits per heavy atom. The van der Waals surface area contributed by atoms with Crippen molar-refractivity contribution in [1.82, 2.24) is 5.43 Å². The number of phenolic OH excluding ortho intramolecular Hbond substituents is 1. The van der Waals surface area contributed by atoms with Crippen molar-refractivity contribution in [1.29, 1.82) is 0 Å². The van der Waals surface area contributed by atoms with Gasteiger partial charge in [0.15, 0.2) is 0 Å². The van der Waals surface area contributed by atoms with E-state index in [0.29, 0.717) is 11.1 Å². The lowest BCUT2D eigenvalue weighted by Crippen LogP contribution is -2.19. The van der Waals surface area contributed by atoms with Crippen LogP contribution >= 0.6 is 11.6 Å². The van der Waals surface area contributed by atoms with Crippen LogP contribution in [0.3, 0.4) is 0 Å². The van der Waals surface area contributed by atoms with E-state index in [9.17, 15) is 14.3 Å². The molecule has 0 aromatic heterocycles. The van der Waals surface area contributed by atoms with Gasteiger partial charge < -0.3 is 5.11 Å². The SMILES string of the molecule is Cc1ccc(Cl)c(/C=N/NC(=O)Cc2cccc(O)c2)c1F. The molecule has 2 N–H and O–H groups in total. The zero-order chi connectivity index (χ0) is 16.1. The molecule has 2 aromatic rings. The molecule has 0 aliphatic carbocycles. The first kappa shape index (κ1) is 16.0. The van der Waals surface area contributed by atoms with Crippen LogP contribution in [0.2, 0.25) is 5.02 Å². The summed E-state index contributed by atoms with van der Waals surface area (Å²) in [5.74, 6) is -0.771. The highest BCUT2D eigenvalue weighted by Crippen LogP contribution is 2.20. The van der Waals surface area contributed by atoms with Crippen molar-refractivity contribution in [2.45, 2.75) is 13.3 Å². The van der Waals surface area contributed by atoms with Crippen LogP contribution in [0.5, 0.6) is 5.75 Å². The summed E-state index contributed by atoms with van der Waals surface area (Å²) < 4.78 is 13.9. The Kier molecular flexibility index (Phi) is 5.12. The predicted octanol–water partition coefficient (Wildman–Crippen LogP) is 3.19. The number of carbonyl (C=O) groups is 1. The third-order valence-electron chi connectivity index (χ3n) is 2.98. The molecule has 0 unspecified atom stereocenters. The van der Waals surface area contributed by atoms with Crippen LogP contribution in [0.4, 0.5) is 4.39 Å². The average molecular weight is 321 g/mol. The number of nitrogens with zero attached hydrogens (tertiary/aromatic N) is 1. The van der Waals surface area contributed by atoms with Crippen LogP contribution in [0.25, 0.3) is 0 Å². The van der Waals surface area contributed by atoms with Gasteiger partial charge in [-0.15, -0.1) is 0 Å². The third-order valence-corrected chi connectivity index (χ3v) is 3.31. The van der Waals surface area contributed by atoms with Crippen molar-refractivity contribution in [3.63, 3.8) is 0 Å². The molecular formula is C16H14ClFN2O2. The molecule has 1 amide bonds. The number of hydrogen-bond acceptors (Lipinski definition) is 3. The summed E-state index contributed by atoms with van der Waals surface area (Å²) in [5, 5.41) is 13.2. The second kappa shape index (κ2) is 7.04. The molecular weight excluding hydrogens is 307 g/mol. The van der Waals surface area contributed by atoms with Crippen LogP contribution < -0.4 is 5.43 Å². The summed E-state index contributed by atoms with van der Waals surface area (Å²) in [5.41, 5.74) is 3.51. The van der Waals surface area contributed by atoms with E-state index < -0.39 is 5.82 Å². The summed E-state index contributed by atoms with van der Waals surface area (Å²) in [6.07, 6.45) is 1.22. The van der Waals surface area contributed by atoms with E-state index in [-0.39, 0.29) is 28.7 Å². The molecule has 0 fully saturated rings. The lowest BCUT2D eigenvalue weighted by molar-refractivity contribution is -0.120. The normalized spacial score (nSPS) is 10.9. The molecule has 22 heavy (non-hydrogen) atoms. The number of aryl methyl sites for hydroxylation is 1. The Morgan fingerprint density at radius 3 is 2.91 bits per heavy atom. The first-order chi connectivity index (χ1) is 10.5. The van der Waals surface area contributed by atoms with Gasteiger partial charge in [-0.2, -0.15) is 5.10 Å². The molecule has 0 aliphatic heterocycles. The van der Waals surface area contributed by atoms with E-state index in [4.69, 9.17) is 11.6 Å². The van der Waals surface area contributed by atoms with Crippen molar-refractivity contribution < 1.29 is 14.3 Å². The van der Waals surface area contributed by atoms with Crippen LogP contribution in [0, 0.1) is 12.7 Å². The van der Waals surface area contributed by atoms with E-state index in [1.807, 2.05) is 0 Å². The summed E-state index contributed by atoms with van der Waals surface area (Å²) in [7, 11) is 0. The van der Waals surface area contributed by atoms with Gasteiger partial charge in [0.05, 0.1) is 17.7 Å². The van der Waals surface area contributed by atoms with Crippen molar-refractivity contribution in [3.05, 3.63) is 63.9 Å². The summed E-state index contributed by atoms with van der Waals surface area (Å²) >= 11 is 5.89.